The average Bonchev–Trinajstić information content (AvgIpc) is 2.44. The molecule has 19 heavy (non-hydrogen) atoms. The third-order valence-electron chi connectivity index (χ3n) is 3.37. The van der Waals surface area contributed by atoms with E-state index < -0.39 is 11.5 Å². The van der Waals surface area contributed by atoms with E-state index in [1.165, 1.54) is 12.1 Å². The van der Waals surface area contributed by atoms with E-state index in [1.54, 1.807) is 12.1 Å². The van der Waals surface area contributed by atoms with Crippen molar-refractivity contribution in [3.05, 3.63) is 35.4 Å². The van der Waals surface area contributed by atoms with Gasteiger partial charge < -0.3 is 16.2 Å². The number of carboxylic acids is 1. The largest absolute Gasteiger partial charge is 0.478 e. The number of benzene rings is 1. The zero-order valence-electron chi connectivity index (χ0n) is 11.3. The van der Waals surface area contributed by atoms with Crippen LogP contribution in [-0.4, -0.2) is 22.5 Å². The molecule has 1 aromatic carbocycles. The number of carbonyl (C=O) groups excluding carboxylic acids is 1. The Labute approximate surface area is 112 Å². The van der Waals surface area contributed by atoms with Gasteiger partial charge in [0.25, 0.3) is 0 Å². The SMILES string of the molecule is CCC(N)(CC)C(=O)NCc1ccc(C(=O)O)cc1. The van der Waals surface area contributed by atoms with E-state index >= 15 is 0 Å². The first-order valence-electron chi connectivity index (χ1n) is 6.32. The second-order valence-electron chi connectivity index (χ2n) is 4.55. The molecule has 5 heteroatoms. The number of hydrogen-bond donors (Lipinski definition) is 3. The molecule has 104 valence electrons. The van der Waals surface area contributed by atoms with Crippen molar-refractivity contribution in [3.63, 3.8) is 0 Å². The first-order valence-corrected chi connectivity index (χ1v) is 6.32. The Balaban J connectivity index is 2.62. The van der Waals surface area contributed by atoms with E-state index in [4.69, 9.17) is 10.8 Å². The van der Waals surface area contributed by atoms with Crippen LogP contribution >= 0.6 is 0 Å². The van der Waals surface area contributed by atoms with Gasteiger partial charge in [0.15, 0.2) is 0 Å². The summed E-state index contributed by atoms with van der Waals surface area (Å²) in [5.74, 6) is -1.15. The molecule has 0 atom stereocenters. The van der Waals surface area contributed by atoms with Crippen LogP contribution < -0.4 is 11.1 Å². The highest BCUT2D eigenvalue weighted by Gasteiger charge is 2.29. The molecule has 1 aromatic rings. The van der Waals surface area contributed by atoms with Gasteiger partial charge in [0, 0.05) is 6.54 Å². The lowest BCUT2D eigenvalue weighted by molar-refractivity contribution is -0.126. The van der Waals surface area contributed by atoms with Crippen LogP contribution in [0.5, 0.6) is 0 Å². The Morgan fingerprint density at radius 3 is 2.16 bits per heavy atom. The van der Waals surface area contributed by atoms with Crippen LogP contribution in [0.15, 0.2) is 24.3 Å². The Hall–Kier alpha value is -1.88. The van der Waals surface area contributed by atoms with Gasteiger partial charge in [-0.25, -0.2) is 4.79 Å². The quantitative estimate of drug-likeness (QED) is 0.726. The van der Waals surface area contributed by atoms with Gasteiger partial charge in [0.05, 0.1) is 11.1 Å². The van der Waals surface area contributed by atoms with Gasteiger partial charge in [0.1, 0.15) is 0 Å². The second-order valence-corrected chi connectivity index (χ2v) is 4.55. The maximum Gasteiger partial charge on any atom is 0.335 e. The van der Waals surface area contributed by atoms with Crippen LogP contribution in [0.1, 0.15) is 42.6 Å². The minimum absolute atomic E-state index is 0.181. The lowest BCUT2D eigenvalue weighted by Gasteiger charge is -2.25. The van der Waals surface area contributed by atoms with E-state index in [0.717, 1.165) is 5.56 Å². The maximum atomic E-state index is 11.9. The first kappa shape index (κ1) is 15.2. The molecule has 0 aliphatic rings. The normalized spacial score (nSPS) is 11.1. The van der Waals surface area contributed by atoms with E-state index in [-0.39, 0.29) is 11.5 Å². The predicted octanol–water partition coefficient (Wildman–Crippen LogP) is 1.52. The molecular weight excluding hydrogens is 244 g/mol. The molecular formula is C14H20N2O3. The molecule has 0 fully saturated rings. The Morgan fingerprint density at radius 1 is 1.21 bits per heavy atom. The molecule has 0 aliphatic heterocycles. The predicted molar refractivity (Wildman–Crippen MR) is 72.7 cm³/mol. The minimum atomic E-state index is -0.964. The van der Waals surface area contributed by atoms with Crippen LogP contribution in [0.25, 0.3) is 0 Å². The number of carboxylic acid groups (broad SMARTS) is 1. The molecule has 0 heterocycles. The number of carbonyl (C=O) groups is 2. The summed E-state index contributed by atoms with van der Waals surface area (Å²) in [6, 6.07) is 6.39. The second kappa shape index (κ2) is 6.33. The van der Waals surface area contributed by atoms with Crippen LogP contribution in [-0.2, 0) is 11.3 Å². The van der Waals surface area contributed by atoms with Crippen molar-refractivity contribution < 1.29 is 14.7 Å². The van der Waals surface area contributed by atoms with Crippen molar-refractivity contribution in [2.75, 3.05) is 0 Å². The molecule has 0 spiro atoms. The van der Waals surface area contributed by atoms with Crippen LogP contribution in [0.3, 0.4) is 0 Å². The van der Waals surface area contributed by atoms with Crippen molar-refractivity contribution in [2.45, 2.75) is 38.8 Å². The lowest BCUT2D eigenvalue weighted by atomic mass is 9.93. The van der Waals surface area contributed by atoms with Gasteiger partial charge in [0.2, 0.25) is 5.91 Å². The summed E-state index contributed by atoms with van der Waals surface area (Å²) >= 11 is 0. The van der Waals surface area contributed by atoms with Crippen molar-refractivity contribution in [2.24, 2.45) is 5.73 Å². The summed E-state index contributed by atoms with van der Waals surface area (Å²) in [6.45, 7) is 4.10. The third kappa shape index (κ3) is 3.79. The van der Waals surface area contributed by atoms with Crippen LogP contribution in [0.2, 0.25) is 0 Å². The number of rotatable bonds is 6. The van der Waals surface area contributed by atoms with Crippen molar-refractivity contribution in [3.8, 4) is 0 Å². The zero-order chi connectivity index (χ0) is 14.5. The molecule has 0 bridgehead atoms. The summed E-state index contributed by atoms with van der Waals surface area (Å²) in [5.41, 5.74) is 6.21. The smallest absolute Gasteiger partial charge is 0.335 e. The third-order valence-corrected chi connectivity index (χ3v) is 3.37. The number of hydrogen-bond acceptors (Lipinski definition) is 3. The maximum absolute atomic E-state index is 11.9. The number of aromatic carboxylic acids is 1. The molecule has 5 nitrogen and oxygen atoms in total. The van der Waals surface area contributed by atoms with Crippen LogP contribution in [0.4, 0.5) is 0 Å². The Kier molecular flexibility index (Phi) is 5.06. The van der Waals surface area contributed by atoms with Crippen molar-refractivity contribution in [1.29, 1.82) is 0 Å². The highest BCUT2D eigenvalue weighted by atomic mass is 16.4. The van der Waals surface area contributed by atoms with E-state index in [9.17, 15) is 9.59 Å². The zero-order valence-corrected chi connectivity index (χ0v) is 11.3. The van der Waals surface area contributed by atoms with E-state index in [1.807, 2.05) is 13.8 Å². The fourth-order valence-corrected chi connectivity index (χ4v) is 1.69. The topological polar surface area (TPSA) is 92.4 Å². The standard InChI is InChI=1S/C14H20N2O3/c1-3-14(15,4-2)13(19)16-9-10-5-7-11(8-6-10)12(17)18/h5-8H,3-4,9,15H2,1-2H3,(H,16,19)(H,17,18). The van der Waals surface area contributed by atoms with Crippen LogP contribution in [0, 0.1) is 0 Å². The van der Waals surface area contributed by atoms with Crippen molar-refractivity contribution in [1.82, 2.24) is 5.32 Å². The highest BCUT2D eigenvalue weighted by molar-refractivity contribution is 5.87. The summed E-state index contributed by atoms with van der Waals surface area (Å²) < 4.78 is 0. The average molecular weight is 264 g/mol. The summed E-state index contributed by atoms with van der Waals surface area (Å²) in [7, 11) is 0. The fourth-order valence-electron chi connectivity index (χ4n) is 1.69. The lowest BCUT2D eigenvalue weighted by Crippen LogP contribution is -2.52. The summed E-state index contributed by atoms with van der Waals surface area (Å²) in [6.07, 6.45) is 1.15. The summed E-state index contributed by atoms with van der Waals surface area (Å²) in [5, 5.41) is 11.6. The van der Waals surface area contributed by atoms with Crippen molar-refractivity contribution >= 4 is 11.9 Å². The molecule has 1 rings (SSSR count). The molecule has 1 amide bonds. The monoisotopic (exact) mass is 264 g/mol. The summed E-state index contributed by atoms with van der Waals surface area (Å²) in [4.78, 5) is 22.6. The van der Waals surface area contributed by atoms with E-state index in [0.29, 0.717) is 19.4 Å². The molecule has 0 aliphatic carbocycles. The molecule has 0 saturated heterocycles. The first-order chi connectivity index (χ1) is 8.92. The fraction of sp³-hybridized carbons (Fsp3) is 0.429. The Morgan fingerprint density at radius 2 is 1.74 bits per heavy atom. The highest BCUT2D eigenvalue weighted by Crippen LogP contribution is 2.12. The number of amides is 1. The molecule has 4 N–H and O–H groups in total. The van der Waals surface area contributed by atoms with Gasteiger partial charge in [-0.1, -0.05) is 26.0 Å². The minimum Gasteiger partial charge on any atom is -0.478 e. The van der Waals surface area contributed by atoms with E-state index in [2.05, 4.69) is 5.32 Å². The molecule has 0 radical (unpaired) electrons. The van der Waals surface area contributed by atoms with Gasteiger partial charge in [-0.15, -0.1) is 0 Å². The Bertz CT molecular complexity index is 450. The van der Waals surface area contributed by atoms with Gasteiger partial charge in [-0.2, -0.15) is 0 Å². The molecule has 0 aromatic heterocycles. The molecule has 0 unspecified atom stereocenters. The number of nitrogens with one attached hydrogen (secondary N) is 1. The van der Waals surface area contributed by atoms with Gasteiger partial charge in [-0.3, -0.25) is 4.79 Å². The molecule has 0 saturated carbocycles. The van der Waals surface area contributed by atoms with Gasteiger partial charge in [-0.05, 0) is 30.5 Å². The number of nitrogens with two attached hydrogens (primary N) is 1. The van der Waals surface area contributed by atoms with Gasteiger partial charge >= 0.3 is 5.97 Å².